The standard InChI is InChI=1S/C44H22Cl8N4O12S4/c45-29-30(46)38-26(18-3-11-22(12-4-18)70-68-66-58)40-32(48)34(50)42(55-40)28(20-7-15-24(16-8-20)72(62,63)64)44-36(52)35(51)43(56-44)27(19-5-13-23(14-6-19)71(59,60)61)41-33(49)31(47)39(54-41)25(37(29)53-38)17-1-9-21(10-2-17)69-67-65-57/h1-16,53,56-58H,(H,59,60,61)(H,62,63,64). The molecule has 0 aliphatic carbocycles. The molecule has 370 valence electrons. The first kappa shape index (κ1) is 52.9. The number of nitrogens with one attached hydrogen (secondary N) is 2. The van der Waals surface area contributed by atoms with Gasteiger partial charge >= 0.3 is 0 Å². The average Bonchev–Trinajstić information content (AvgIpc) is 4.02. The minimum absolute atomic E-state index is 0.0153. The van der Waals surface area contributed by atoms with Crippen LogP contribution in [0.25, 0.3) is 86.7 Å². The first-order chi connectivity index (χ1) is 34.2. The quantitative estimate of drug-likeness (QED) is 0.0288. The van der Waals surface area contributed by atoms with E-state index < -0.39 is 30.0 Å². The lowest BCUT2D eigenvalue weighted by atomic mass is 10.0. The molecule has 0 fully saturated rings. The Bertz CT molecular complexity index is 3610. The molecule has 3 aromatic heterocycles. The SMILES string of the molecule is O=S(=O)(O)c1ccc(-c2c3nc(c(-c4ccc(SOOO)cc4)c4[nH]c(c(Cl)c4Cl)c(-c4ccc(SOOO)cc4)c4nc(c(-c5ccc(S(=O)(=O)O)cc5)c5[nH]c2c(Cl)c5Cl)C(Cl)=C4Cl)C(Cl)=C3Cl)cc1. The van der Waals surface area contributed by atoms with Gasteiger partial charge in [-0.1, -0.05) is 151 Å². The summed E-state index contributed by atoms with van der Waals surface area (Å²) in [4.78, 5) is 16.7. The summed E-state index contributed by atoms with van der Waals surface area (Å²) in [5.74, 6) is 0. The van der Waals surface area contributed by atoms with E-state index in [-0.39, 0.29) is 118 Å². The first-order valence-corrected chi connectivity index (χ1v) is 27.0. The molecule has 16 nitrogen and oxygen atoms in total. The molecule has 0 saturated heterocycles. The second-order valence-corrected chi connectivity index (χ2v) is 22.3. The smallest absolute Gasteiger partial charge is 0.294 e. The van der Waals surface area contributed by atoms with Crippen LogP contribution in [-0.4, -0.2) is 56.4 Å². The van der Waals surface area contributed by atoms with Gasteiger partial charge in [0.05, 0.1) is 119 Å². The van der Waals surface area contributed by atoms with Gasteiger partial charge in [-0.2, -0.15) is 16.8 Å². The minimum atomic E-state index is -4.69. The van der Waals surface area contributed by atoms with Crippen LogP contribution in [0.15, 0.2) is 117 Å². The third-order valence-corrected chi connectivity index (χ3v) is 17.2. The van der Waals surface area contributed by atoms with Crippen molar-refractivity contribution in [3.05, 3.63) is 140 Å². The van der Waals surface area contributed by atoms with E-state index in [4.69, 9.17) is 113 Å². The zero-order valence-electron chi connectivity index (χ0n) is 34.8. The minimum Gasteiger partial charge on any atom is -0.352 e. The summed E-state index contributed by atoms with van der Waals surface area (Å²) >= 11 is 59.4. The van der Waals surface area contributed by atoms with Gasteiger partial charge in [0, 0.05) is 32.0 Å². The number of hydrogen-bond donors (Lipinski definition) is 6. The van der Waals surface area contributed by atoms with E-state index in [1.807, 2.05) is 0 Å². The molecule has 0 spiro atoms. The molecule has 2 aliphatic rings. The molecule has 4 aromatic carbocycles. The summed E-state index contributed by atoms with van der Waals surface area (Å²) in [5, 5.41) is 24.2. The highest BCUT2D eigenvalue weighted by atomic mass is 35.5. The predicted octanol–water partition coefficient (Wildman–Crippen LogP) is 15.6. The Hall–Kier alpha value is -3.92. The summed E-state index contributed by atoms with van der Waals surface area (Å²) in [7, 11) is -9.37. The van der Waals surface area contributed by atoms with Crippen molar-refractivity contribution in [2.45, 2.75) is 19.6 Å². The van der Waals surface area contributed by atoms with Crippen molar-refractivity contribution < 1.29 is 55.2 Å². The van der Waals surface area contributed by atoms with Crippen LogP contribution in [0.3, 0.4) is 0 Å². The maximum atomic E-state index is 12.2. The Balaban J connectivity index is 1.55. The first-order valence-electron chi connectivity index (χ1n) is 19.6. The van der Waals surface area contributed by atoms with E-state index in [0.29, 0.717) is 45.0 Å². The number of H-pyrrole nitrogens is 2. The van der Waals surface area contributed by atoms with Crippen molar-refractivity contribution in [2.24, 2.45) is 0 Å². The lowest BCUT2D eigenvalue weighted by molar-refractivity contribution is -0.432. The number of nitrogens with zero attached hydrogens (tertiary/aromatic N) is 2. The van der Waals surface area contributed by atoms with Crippen molar-refractivity contribution in [3.63, 3.8) is 0 Å². The van der Waals surface area contributed by atoms with E-state index in [9.17, 15) is 25.9 Å². The summed E-state index contributed by atoms with van der Waals surface area (Å²) in [6.45, 7) is 0. The van der Waals surface area contributed by atoms with E-state index in [1.54, 1.807) is 48.5 Å². The van der Waals surface area contributed by atoms with E-state index in [1.165, 1.54) is 24.3 Å². The molecule has 9 rings (SSSR count). The maximum Gasteiger partial charge on any atom is 0.294 e. The van der Waals surface area contributed by atoms with Crippen LogP contribution in [0.1, 0.15) is 22.8 Å². The molecule has 2 aliphatic heterocycles. The van der Waals surface area contributed by atoms with E-state index in [0.717, 1.165) is 24.3 Å². The van der Waals surface area contributed by atoms with Crippen LogP contribution >= 0.6 is 117 Å². The van der Waals surface area contributed by atoms with Crippen molar-refractivity contribution in [2.75, 3.05) is 0 Å². The summed E-state index contributed by atoms with van der Waals surface area (Å²) < 4.78 is 78.0. The van der Waals surface area contributed by atoms with Gasteiger partial charge in [0.1, 0.15) is 0 Å². The fourth-order valence-electron chi connectivity index (χ4n) is 7.74. The van der Waals surface area contributed by atoms with Gasteiger partial charge in [-0.05, 0) is 70.8 Å². The van der Waals surface area contributed by atoms with Crippen molar-refractivity contribution >= 4 is 179 Å². The van der Waals surface area contributed by atoms with Gasteiger partial charge in [-0.3, -0.25) is 9.11 Å². The lowest BCUT2D eigenvalue weighted by Crippen LogP contribution is -1.97. The average molecular weight is 1210 g/mol. The molecule has 0 unspecified atom stereocenters. The fraction of sp³-hybridized carbons (Fsp3) is 0. The number of benzene rings is 4. The molecule has 0 amide bonds. The van der Waals surface area contributed by atoms with Crippen LogP contribution < -0.4 is 0 Å². The fourth-order valence-corrected chi connectivity index (χ4v) is 11.3. The van der Waals surface area contributed by atoms with Gasteiger partial charge in [0.15, 0.2) is 0 Å². The van der Waals surface area contributed by atoms with Crippen molar-refractivity contribution in [1.29, 1.82) is 0 Å². The topological polar surface area (TPSA) is 243 Å². The Morgan fingerprint density at radius 3 is 0.861 bits per heavy atom. The Morgan fingerprint density at radius 1 is 0.403 bits per heavy atom. The van der Waals surface area contributed by atoms with Crippen LogP contribution in [0.5, 0.6) is 0 Å². The van der Waals surface area contributed by atoms with Gasteiger partial charge in [0.25, 0.3) is 20.2 Å². The summed E-state index contributed by atoms with van der Waals surface area (Å²) in [6.07, 6.45) is 0. The zero-order valence-corrected chi connectivity index (χ0v) is 44.2. The summed E-state index contributed by atoms with van der Waals surface area (Å²) in [5.41, 5.74) is 2.05. The molecule has 7 aromatic rings. The highest BCUT2D eigenvalue weighted by molar-refractivity contribution is 7.94. The molecule has 0 saturated carbocycles. The number of aromatic amines is 2. The Kier molecular flexibility index (Phi) is 15.4. The monoisotopic (exact) mass is 1210 g/mol. The van der Waals surface area contributed by atoms with Crippen molar-refractivity contribution in [3.8, 4) is 44.5 Å². The Labute approximate surface area is 454 Å². The largest absolute Gasteiger partial charge is 0.352 e. The second-order valence-electron chi connectivity index (χ2n) is 14.9. The molecular formula is C44H22Cl8N4O12S4. The van der Waals surface area contributed by atoms with Gasteiger partial charge < -0.3 is 9.97 Å². The van der Waals surface area contributed by atoms with Crippen LogP contribution in [-0.2, 0) is 39.0 Å². The highest BCUT2D eigenvalue weighted by Crippen LogP contribution is 2.52. The molecule has 0 radical (unpaired) electrons. The lowest BCUT2D eigenvalue weighted by Gasteiger charge is -2.08. The van der Waals surface area contributed by atoms with Crippen LogP contribution in [0, 0.1) is 0 Å². The number of halogens is 8. The Morgan fingerprint density at radius 2 is 0.639 bits per heavy atom. The third-order valence-electron chi connectivity index (χ3n) is 10.9. The van der Waals surface area contributed by atoms with Gasteiger partial charge in [-0.15, -0.1) is 8.67 Å². The molecule has 8 bridgehead atoms. The molecule has 28 heteroatoms. The molecular weight excluding hydrogens is 1190 g/mol. The molecule has 0 atom stereocenters. The molecule has 72 heavy (non-hydrogen) atoms. The number of hydrogen-bond acceptors (Lipinski definition) is 14. The maximum absolute atomic E-state index is 12.2. The number of aromatic nitrogens is 4. The van der Waals surface area contributed by atoms with Crippen LogP contribution in [0.4, 0.5) is 0 Å². The van der Waals surface area contributed by atoms with Crippen LogP contribution in [0.2, 0.25) is 20.1 Å². The zero-order chi connectivity index (χ0) is 51.6. The van der Waals surface area contributed by atoms with Gasteiger partial charge in [0.2, 0.25) is 0 Å². The van der Waals surface area contributed by atoms with Crippen molar-refractivity contribution in [1.82, 2.24) is 19.9 Å². The molecule has 5 heterocycles. The van der Waals surface area contributed by atoms with E-state index in [2.05, 4.69) is 28.7 Å². The normalized spacial score (nSPS) is 13.2. The van der Waals surface area contributed by atoms with E-state index >= 15 is 0 Å². The highest BCUT2D eigenvalue weighted by Gasteiger charge is 2.32. The number of fused-ring (bicyclic) bond motifs is 8. The summed E-state index contributed by atoms with van der Waals surface area (Å²) in [6, 6.07) is 23.0. The van der Waals surface area contributed by atoms with Gasteiger partial charge in [-0.25, -0.2) is 20.5 Å². The number of rotatable bonds is 12. The third kappa shape index (κ3) is 9.91. The second kappa shape index (κ2) is 21.0. The molecule has 6 N–H and O–H groups in total. The predicted molar refractivity (Wildman–Crippen MR) is 281 cm³/mol.